The Bertz CT molecular complexity index is 343. The molecule has 0 radical (unpaired) electrons. The summed E-state index contributed by atoms with van der Waals surface area (Å²) in [5, 5.41) is 8.70. The van der Waals surface area contributed by atoms with E-state index in [1.807, 2.05) is 0 Å². The molecule has 0 saturated carbocycles. The van der Waals surface area contributed by atoms with Crippen LogP contribution in [0.1, 0.15) is 27.8 Å². The molecule has 1 rings (SSSR count). The molecule has 0 aliphatic rings. The van der Waals surface area contributed by atoms with E-state index in [2.05, 4.69) is 39.8 Å². The molecule has 0 N–H and O–H groups in total. The highest BCUT2D eigenvalue weighted by Crippen LogP contribution is 2.21. The first-order valence-corrected chi connectivity index (χ1v) is 4.51. The molecule has 0 saturated heterocycles. The lowest BCUT2D eigenvalue weighted by molar-refractivity contribution is 1.12. The van der Waals surface area contributed by atoms with Gasteiger partial charge in [0.05, 0.1) is 12.5 Å². The highest BCUT2D eigenvalue weighted by molar-refractivity contribution is 5.45. The van der Waals surface area contributed by atoms with Crippen molar-refractivity contribution in [3.8, 4) is 6.07 Å². The second-order valence-electron chi connectivity index (χ2n) is 3.57. The first-order chi connectivity index (χ1) is 6.07. The van der Waals surface area contributed by atoms with Crippen molar-refractivity contribution in [1.29, 1.82) is 5.26 Å². The van der Waals surface area contributed by atoms with Crippen molar-refractivity contribution >= 4 is 0 Å². The fourth-order valence-corrected chi connectivity index (χ4v) is 1.64. The summed E-state index contributed by atoms with van der Waals surface area (Å²) in [5.41, 5.74) is 6.32. The quantitative estimate of drug-likeness (QED) is 0.640. The third-order valence-corrected chi connectivity index (χ3v) is 2.78. The Morgan fingerprint density at radius 3 is 1.92 bits per heavy atom. The molecule has 0 atom stereocenters. The van der Waals surface area contributed by atoms with Crippen molar-refractivity contribution in [2.75, 3.05) is 0 Å². The average Bonchev–Trinajstić information content (AvgIpc) is 2.09. The van der Waals surface area contributed by atoms with Crippen molar-refractivity contribution in [3.63, 3.8) is 0 Å². The molecule has 0 heterocycles. The molecule has 1 heteroatoms. The molecule has 68 valence electrons. The summed E-state index contributed by atoms with van der Waals surface area (Å²) >= 11 is 0. The first-order valence-electron chi connectivity index (χ1n) is 4.51. The zero-order chi connectivity index (χ0) is 10.0. The van der Waals surface area contributed by atoms with Gasteiger partial charge in [0.1, 0.15) is 0 Å². The smallest absolute Gasteiger partial charge is 0.0669 e. The summed E-state index contributed by atoms with van der Waals surface area (Å²) in [6.07, 6.45) is 0.528. The fraction of sp³-hybridized carbons (Fsp3) is 0.417. The molecule has 0 bridgehead atoms. The molecule has 1 nitrogen and oxygen atoms in total. The molecule has 13 heavy (non-hydrogen) atoms. The van der Waals surface area contributed by atoms with Crippen LogP contribution in [-0.2, 0) is 6.42 Å². The van der Waals surface area contributed by atoms with Crippen LogP contribution in [0.15, 0.2) is 6.07 Å². The van der Waals surface area contributed by atoms with Gasteiger partial charge in [-0.3, -0.25) is 0 Å². The average molecular weight is 173 g/mol. The van der Waals surface area contributed by atoms with Crippen molar-refractivity contribution in [2.24, 2.45) is 0 Å². The summed E-state index contributed by atoms with van der Waals surface area (Å²) in [6, 6.07) is 4.41. The van der Waals surface area contributed by atoms with Gasteiger partial charge in [-0.25, -0.2) is 0 Å². The maximum Gasteiger partial charge on any atom is 0.0669 e. The van der Waals surface area contributed by atoms with E-state index < -0.39 is 0 Å². The minimum absolute atomic E-state index is 0.528. The standard InChI is InChI=1S/C12H15N/c1-8-7-9(2)11(4)12(5-6-13)10(8)3/h7H,5H2,1-4H3. The zero-order valence-corrected chi connectivity index (χ0v) is 8.73. The lowest BCUT2D eigenvalue weighted by Gasteiger charge is -2.12. The highest BCUT2D eigenvalue weighted by Gasteiger charge is 2.06. The summed E-state index contributed by atoms with van der Waals surface area (Å²) in [5.74, 6) is 0. The lowest BCUT2D eigenvalue weighted by Crippen LogP contribution is -1.98. The van der Waals surface area contributed by atoms with Crippen LogP contribution >= 0.6 is 0 Å². The molecule has 0 aliphatic carbocycles. The van der Waals surface area contributed by atoms with Gasteiger partial charge in [-0.1, -0.05) is 6.07 Å². The minimum atomic E-state index is 0.528. The van der Waals surface area contributed by atoms with Crippen molar-refractivity contribution in [2.45, 2.75) is 34.1 Å². The Hall–Kier alpha value is -1.29. The van der Waals surface area contributed by atoms with E-state index in [1.54, 1.807) is 0 Å². The molecule has 1 aromatic carbocycles. The third kappa shape index (κ3) is 1.72. The van der Waals surface area contributed by atoms with Gasteiger partial charge in [0, 0.05) is 0 Å². The van der Waals surface area contributed by atoms with E-state index in [1.165, 1.54) is 27.8 Å². The number of nitrogens with zero attached hydrogens (tertiary/aromatic N) is 1. The summed E-state index contributed by atoms with van der Waals surface area (Å²) < 4.78 is 0. The number of hydrogen-bond donors (Lipinski definition) is 0. The topological polar surface area (TPSA) is 23.8 Å². The SMILES string of the molecule is Cc1cc(C)c(C)c(CC#N)c1C. The van der Waals surface area contributed by atoms with E-state index in [0.717, 1.165) is 0 Å². The van der Waals surface area contributed by atoms with Gasteiger partial charge < -0.3 is 0 Å². The molecule has 0 unspecified atom stereocenters. The number of benzene rings is 1. The third-order valence-electron chi connectivity index (χ3n) is 2.78. The Balaban J connectivity index is 3.39. The van der Waals surface area contributed by atoms with Crippen molar-refractivity contribution < 1.29 is 0 Å². The van der Waals surface area contributed by atoms with Crippen LogP contribution < -0.4 is 0 Å². The normalized spacial score (nSPS) is 9.77. The van der Waals surface area contributed by atoms with Gasteiger partial charge in [0.2, 0.25) is 0 Å². The van der Waals surface area contributed by atoms with Crippen molar-refractivity contribution in [3.05, 3.63) is 33.9 Å². The molecule has 0 spiro atoms. The van der Waals surface area contributed by atoms with Crippen LogP contribution in [0.2, 0.25) is 0 Å². The summed E-state index contributed by atoms with van der Waals surface area (Å²) in [6.45, 7) is 8.38. The Labute approximate surface area is 80.0 Å². The number of aryl methyl sites for hydroxylation is 2. The van der Waals surface area contributed by atoms with Gasteiger partial charge in [0.25, 0.3) is 0 Å². The van der Waals surface area contributed by atoms with E-state index in [0.29, 0.717) is 6.42 Å². The van der Waals surface area contributed by atoms with Crippen LogP contribution in [-0.4, -0.2) is 0 Å². The molecule has 0 fully saturated rings. The summed E-state index contributed by atoms with van der Waals surface area (Å²) in [4.78, 5) is 0. The maximum atomic E-state index is 8.70. The maximum absolute atomic E-state index is 8.70. The largest absolute Gasteiger partial charge is 0.198 e. The van der Waals surface area contributed by atoms with Gasteiger partial charge in [-0.2, -0.15) is 5.26 Å². The predicted octanol–water partition coefficient (Wildman–Crippen LogP) is 2.99. The highest BCUT2D eigenvalue weighted by atomic mass is 14.2. The van der Waals surface area contributed by atoms with Crippen LogP contribution in [0.5, 0.6) is 0 Å². The molecule has 0 amide bonds. The Morgan fingerprint density at radius 1 is 1.08 bits per heavy atom. The molecular weight excluding hydrogens is 158 g/mol. The zero-order valence-electron chi connectivity index (χ0n) is 8.73. The van der Waals surface area contributed by atoms with Crippen LogP contribution in [0.3, 0.4) is 0 Å². The summed E-state index contributed by atoms with van der Waals surface area (Å²) in [7, 11) is 0. The molecule has 0 aliphatic heterocycles. The van der Waals surface area contributed by atoms with E-state index >= 15 is 0 Å². The first kappa shape index (κ1) is 9.80. The lowest BCUT2D eigenvalue weighted by atomic mass is 9.93. The van der Waals surface area contributed by atoms with E-state index in [9.17, 15) is 0 Å². The Morgan fingerprint density at radius 2 is 1.54 bits per heavy atom. The van der Waals surface area contributed by atoms with Crippen LogP contribution in [0, 0.1) is 39.0 Å². The second-order valence-corrected chi connectivity index (χ2v) is 3.57. The van der Waals surface area contributed by atoms with Crippen LogP contribution in [0.4, 0.5) is 0 Å². The fourth-order valence-electron chi connectivity index (χ4n) is 1.64. The van der Waals surface area contributed by atoms with Crippen LogP contribution in [0.25, 0.3) is 0 Å². The van der Waals surface area contributed by atoms with E-state index in [4.69, 9.17) is 5.26 Å². The van der Waals surface area contributed by atoms with E-state index in [-0.39, 0.29) is 0 Å². The van der Waals surface area contributed by atoms with Gasteiger partial charge in [0.15, 0.2) is 0 Å². The monoisotopic (exact) mass is 173 g/mol. The second kappa shape index (κ2) is 3.62. The molecule has 0 aromatic heterocycles. The number of hydrogen-bond acceptors (Lipinski definition) is 1. The number of rotatable bonds is 1. The van der Waals surface area contributed by atoms with Gasteiger partial charge in [-0.05, 0) is 55.5 Å². The molecular formula is C12H15N. The van der Waals surface area contributed by atoms with Gasteiger partial charge in [-0.15, -0.1) is 0 Å². The minimum Gasteiger partial charge on any atom is -0.198 e. The molecule has 1 aromatic rings. The Kier molecular flexibility index (Phi) is 2.72. The van der Waals surface area contributed by atoms with Gasteiger partial charge >= 0.3 is 0 Å². The predicted molar refractivity (Wildman–Crippen MR) is 54.7 cm³/mol. The number of nitriles is 1. The van der Waals surface area contributed by atoms with Crippen molar-refractivity contribution in [1.82, 2.24) is 0 Å².